The Kier molecular flexibility index (Phi) is 3.43. The Morgan fingerprint density at radius 2 is 1.79 bits per heavy atom. The molecular formula is C13H12N2O4. The summed E-state index contributed by atoms with van der Waals surface area (Å²) in [5, 5.41) is 33.2. The highest BCUT2D eigenvalue weighted by atomic mass is 16.6. The van der Waals surface area contributed by atoms with Gasteiger partial charge >= 0.3 is 0 Å². The van der Waals surface area contributed by atoms with Crippen molar-refractivity contribution >= 4 is 0 Å². The van der Waals surface area contributed by atoms with Gasteiger partial charge in [0.2, 0.25) is 17.8 Å². The average molecular weight is 260 g/mol. The first kappa shape index (κ1) is 13.0. The molecular weight excluding hydrogens is 248 g/mol. The van der Waals surface area contributed by atoms with Crippen molar-refractivity contribution in [1.29, 1.82) is 0 Å². The number of benzene rings is 1. The topological polar surface area (TPSA) is 90.3 Å². The van der Waals surface area contributed by atoms with Crippen LogP contribution in [0.1, 0.15) is 11.3 Å². The van der Waals surface area contributed by atoms with E-state index in [9.17, 15) is 20.4 Å². The minimum Gasteiger partial charge on any atom is -0.618 e. The van der Waals surface area contributed by atoms with Crippen LogP contribution in [0.25, 0.3) is 0 Å². The zero-order valence-electron chi connectivity index (χ0n) is 9.97. The lowest BCUT2D eigenvalue weighted by molar-refractivity contribution is -0.627. The standard InChI is InChI=1S/C13H12N2O4/c16-13(10-15(18)19,11-6-2-1-3-7-11)12-8-4-5-9-14(12)17/h1-9,16H,10H2. The Hall–Kier alpha value is -2.47. The zero-order chi connectivity index (χ0) is 13.9. The Morgan fingerprint density at radius 1 is 1.16 bits per heavy atom. The Bertz CT molecular complexity index is 588. The van der Waals surface area contributed by atoms with Gasteiger partial charge in [-0.25, -0.2) is 0 Å². The zero-order valence-corrected chi connectivity index (χ0v) is 9.97. The summed E-state index contributed by atoms with van der Waals surface area (Å²) in [6.45, 7) is -0.775. The van der Waals surface area contributed by atoms with Gasteiger partial charge in [0.1, 0.15) is 0 Å². The van der Waals surface area contributed by atoms with Gasteiger partial charge in [-0.2, -0.15) is 4.73 Å². The first-order valence-corrected chi connectivity index (χ1v) is 5.62. The molecule has 0 aliphatic heterocycles. The van der Waals surface area contributed by atoms with Gasteiger partial charge < -0.3 is 10.3 Å². The minimum atomic E-state index is -1.95. The molecule has 0 aliphatic rings. The predicted molar refractivity (Wildman–Crippen MR) is 66.7 cm³/mol. The lowest BCUT2D eigenvalue weighted by atomic mass is 9.90. The number of nitro groups is 1. The van der Waals surface area contributed by atoms with Crippen LogP contribution in [0, 0.1) is 15.3 Å². The fourth-order valence-corrected chi connectivity index (χ4v) is 1.97. The molecule has 6 heteroatoms. The summed E-state index contributed by atoms with van der Waals surface area (Å²) in [4.78, 5) is 10.2. The molecule has 1 aromatic heterocycles. The van der Waals surface area contributed by atoms with Crippen LogP contribution in [0.15, 0.2) is 54.7 Å². The van der Waals surface area contributed by atoms with Crippen LogP contribution in [0.2, 0.25) is 0 Å². The third-order valence-corrected chi connectivity index (χ3v) is 2.86. The fourth-order valence-electron chi connectivity index (χ4n) is 1.97. The van der Waals surface area contributed by atoms with Gasteiger partial charge in [0.15, 0.2) is 6.20 Å². The summed E-state index contributed by atoms with van der Waals surface area (Å²) in [6.07, 6.45) is 1.20. The van der Waals surface area contributed by atoms with Gasteiger partial charge in [-0.15, -0.1) is 0 Å². The van der Waals surface area contributed by atoms with Crippen molar-refractivity contribution < 1.29 is 14.8 Å². The number of hydrogen-bond donors (Lipinski definition) is 1. The monoisotopic (exact) mass is 260 g/mol. The van der Waals surface area contributed by atoms with E-state index in [0.29, 0.717) is 10.3 Å². The second-order valence-electron chi connectivity index (χ2n) is 4.13. The first-order chi connectivity index (χ1) is 9.04. The molecule has 0 amide bonds. The van der Waals surface area contributed by atoms with E-state index in [4.69, 9.17) is 0 Å². The number of pyridine rings is 1. The molecule has 1 aromatic carbocycles. The molecule has 98 valence electrons. The normalized spacial score (nSPS) is 13.7. The molecule has 2 rings (SSSR count). The van der Waals surface area contributed by atoms with E-state index < -0.39 is 17.1 Å². The molecule has 6 nitrogen and oxygen atoms in total. The molecule has 0 fully saturated rings. The molecule has 19 heavy (non-hydrogen) atoms. The predicted octanol–water partition coefficient (Wildman–Crippen LogP) is 0.833. The number of nitrogens with zero attached hydrogens (tertiary/aromatic N) is 2. The summed E-state index contributed by atoms with van der Waals surface area (Å²) in [7, 11) is 0. The fraction of sp³-hybridized carbons (Fsp3) is 0.154. The van der Waals surface area contributed by atoms with Crippen LogP contribution >= 0.6 is 0 Å². The van der Waals surface area contributed by atoms with E-state index in [1.807, 2.05) is 0 Å². The Morgan fingerprint density at radius 3 is 2.37 bits per heavy atom. The van der Waals surface area contributed by atoms with Gasteiger partial charge in [0, 0.05) is 22.6 Å². The van der Waals surface area contributed by atoms with Crippen molar-refractivity contribution in [3.63, 3.8) is 0 Å². The molecule has 1 unspecified atom stereocenters. The molecule has 0 spiro atoms. The van der Waals surface area contributed by atoms with Crippen LogP contribution in [0.3, 0.4) is 0 Å². The van der Waals surface area contributed by atoms with E-state index in [1.165, 1.54) is 18.3 Å². The summed E-state index contributed by atoms with van der Waals surface area (Å²) in [6, 6.07) is 12.6. The summed E-state index contributed by atoms with van der Waals surface area (Å²) in [5.74, 6) is 0. The van der Waals surface area contributed by atoms with E-state index in [0.717, 1.165) is 0 Å². The lowest BCUT2D eigenvalue weighted by Gasteiger charge is -2.22. The molecule has 0 saturated heterocycles. The lowest BCUT2D eigenvalue weighted by Crippen LogP contribution is -2.46. The smallest absolute Gasteiger partial charge is 0.246 e. The first-order valence-electron chi connectivity index (χ1n) is 5.62. The van der Waals surface area contributed by atoms with Crippen molar-refractivity contribution in [3.05, 3.63) is 81.3 Å². The highest BCUT2D eigenvalue weighted by Crippen LogP contribution is 2.27. The molecule has 1 heterocycles. The quantitative estimate of drug-likeness (QED) is 0.381. The molecule has 0 aliphatic carbocycles. The van der Waals surface area contributed by atoms with Crippen LogP contribution in [0.4, 0.5) is 0 Å². The van der Waals surface area contributed by atoms with Gasteiger partial charge in [0.05, 0.1) is 0 Å². The SMILES string of the molecule is O=[N+]([O-])CC(O)(c1ccccc1)c1cccc[n+]1[O-]. The molecule has 0 radical (unpaired) electrons. The highest BCUT2D eigenvalue weighted by Gasteiger charge is 2.43. The maximum atomic E-state index is 11.8. The van der Waals surface area contributed by atoms with Crippen LogP contribution in [-0.4, -0.2) is 16.6 Å². The molecule has 1 atom stereocenters. The van der Waals surface area contributed by atoms with E-state index in [1.54, 1.807) is 36.4 Å². The number of aromatic nitrogens is 1. The molecule has 2 aromatic rings. The second-order valence-corrected chi connectivity index (χ2v) is 4.13. The van der Waals surface area contributed by atoms with Gasteiger partial charge in [0.25, 0.3) is 0 Å². The Balaban J connectivity index is 2.59. The van der Waals surface area contributed by atoms with E-state index in [2.05, 4.69) is 0 Å². The highest BCUT2D eigenvalue weighted by molar-refractivity contribution is 5.30. The van der Waals surface area contributed by atoms with E-state index in [-0.39, 0.29) is 5.69 Å². The van der Waals surface area contributed by atoms with Crippen molar-refractivity contribution in [1.82, 2.24) is 0 Å². The second kappa shape index (κ2) is 5.03. The van der Waals surface area contributed by atoms with Crippen molar-refractivity contribution in [2.75, 3.05) is 6.54 Å². The summed E-state index contributed by atoms with van der Waals surface area (Å²) in [5.41, 5.74) is -1.71. The summed E-state index contributed by atoms with van der Waals surface area (Å²) < 4.78 is 0.441. The van der Waals surface area contributed by atoms with Crippen molar-refractivity contribution in [3.8, 4) is 0 Å². The van der Waals surface area contributed by atoms with Crippen LogP contribution in [0.5, 0.6) is 0 Å². The molecule has 1 N–H and O–H groups in total. The number of rotatable bonds is 4. The van der Waals surface area contributed by atoms with Crippen molar-refractivity contribution in [2.24, 2.45) is 0 Å². The summed E-state index contributed by atoms with van der Waals surface area (Å²) >= 11 is 0. The minimum absolute atomic E-state index is 0.0714. The van der Waals surface area contributed by atoms with Gasteiger partial charge in [-0.05, 0) is 6.07 Å². The largest absolute Gasteiger partial charge is 0.618 e. The average Bonchev–Trinajstić information content (AvgIpc) is 2.39. The third-order valence-electron chi connectivity index (χ3n) is 2.86. The van der Waals surface area contributed by atoms with Gasteiger partial charge in [-0.3, -0.25) is 10.1 Å². The molecule has 0 bridgehead atoms. The molecule has 0 saturated carbocycles. The van der Waals surface area contributed by atoms with Gasteiger partial charge in [-0.1, -0.05) is 30.3 Å². The Labute approximate surface area is 109 Å². The number of aliphatic hydroxyl groups is 1. The van der Waals surface area contributed by atoms with E-state index >= 15 is 0 Å². The van der Waals surface area contributed by atoms with Crippen molar-refractivity contribution in [2.45, 2.75) is 5.60 Å². The van der Waals surface area contributed by atoms with Crippen LogP contribution in [-0.2, 0) is 5.60 Å². The third kappa shape index (κ3) is 2.53. The number of hydrogen-bond acceptors (Lipinski definition) is 4. The maximum absolute atomic E-state index is 11.8. The maximum Gasteiger partial charge on any atom is 0.246 e. The van der Waals surface area contributed by atoms with Crippen LogP contribution < -0.4 is 4.73 Å².